The van der Waals surface area contributed by atoms with Gasteiger partial charge in [-0.1, -0.05) is 36.4 Å². The van der Waals surface area contributed by atoms with Crippen LogP contribution in [0, 0.1) is 0 Å². The van der Waals surface area contributed by atoms with Gasteiger partial charge in [0.15, 0.2) is 5.82 Å². The molecule has 0 spiro atoms. The molecule has 32 heavy (non-hydrogen) atoms. The van der Waals surface area contributed by atoms with E-state index in [1.54, 1.807) is 16.8 Å². The van der Waals surface area contributed by atoms with E-state index in [4.69, 9.17) is 4.74 Å². The summed E-state index contributed by atoms with van der Waals surface area (Å²) >= 11 is 1.52. The molecule has 0 bridgehead atoms. The Morgan fingerprint density at radius 2 is 1.94 bits per heavy atom. The zero-order valence-corrected chi connectivity index (χ0v) is 18.6. The van der Waals surface area contributed by atoms with E-state index in [0.717, 1.165) is 10.6 Å². The number of rotatable bonds is 8. The van der Waals surface area contributed by atoms with Crippen LogP contribution in [-0.2, 0) is 0 Å². The van der Waals surface area contributed by atoms with Crippen LogP contribution >= 0.6 is 11.3 Å². The van der Waals surface area contributed by atoms with Crippen LogP contribution in [0.4, 0.5) is 0 Å². The van der Waals surface area contributed by atoms with E-state index in [2.05, 4.69) is 15.4 Å². The summed E-state index contributed by atoms with van der Waals surface area (Å²) in [5.41, 5.74) is 1.47. The van der Waals surface area contributed by atoms with Crippen molar-refractivity contribution in [3.05, 3.63) is 83.5 Å². The van der Waals surface area contributed by atoms with Crippen LogP contribution < -0.4 is 10.1 Å². The summed E-state index contributed by atoms with van der Waals surface area (Å²) in [6.07, 6.45) is -0.854. The smallest absolute Gasteiger partial charge is 0.291 e. The van der Waals surface area contributed by atoms with Crippen molar-refractivity contribution in [1.29, 1.82) is 0 Å². The SMILES string of the molecule is CC(C)Oc1cccc(C(O)CNC(=O)c2nc(-c3cccs3)n(-c3ccccc3)n2)c1. The van der Waals surface area contributed by atoms with Gasteiger partial charge in [0, 0.05) is 6.54 Å². The minimum atomic E-state index is -0.886. The fourth-order valence-electron chi connectivity index (χ4n) is 3.18. The maximum absolute atomic E-state index is 12.8. The molecule has 0 aliphatic carbocycles. The van der Waals surface area contributed by atoms with Gasteiger partial charge in [0.05, 0.1) is 22.8 Å². The summed E-state index contributed by atoms with van der Waals surface area (Å²) < 4.78 is 7.33. The Morgan fingerprint density at radius 1 is 1.12 bits per heavy atom. The van der Waals surface area contributed by atoms with E-state index in [9.17, 15) is 9.90 Å². The highest BCUT2D eigenvalue weighted by atomic mass is 32.1. The Labute approximate surface area is 190 Å². The lowest BCUT2D eigenvalue weighted by molar-refractivity contribution is 0.0906. The number of thiophene rings is 1. The van der Waals surface area contributed by atoms with Gasteiger partial charge < -0.3 is 15.2 Å². The molecule has 2 heterocycles. The number of benzene rings is 2. The van der Waals surface area contributed by atoms with E-state index in [0.29, 0.717) is 17.1 Å². The number of aliphatic hydroxyl groups excluding tert-OH is 1. The largest absolute Gasteiger partial charge is 0.491 e. The molecule has 1 amide bonds. The van der Waals surface area contributed by atoms with Gasteiger partial charge >= 0.3 is 0 Å². The van der Waals surface area contributed by atoms with Crippen LogP contribution in [0.3, 0.4) is 0 Å². The average molecular weight is 449 g/mol. The lowest BCUT2D eigenvalue weighted by atomic mass is 10.1. The topological polar surface area (TPSA) is 89.3 Å². The first-order valence-electron chi connectivity index (χ1n) is 10.3. The maximum atomic E-state index is 12.8. The first-order chi connectivity index (χ1) is 15.5. The van der Waals surface area contributed by atoms with Crippen LogP contribution in [0.1, 0.15) is 36.1 Å². The first-order valence-corrected chi connectivity index (χ1v) is 11.2. The third-order valence-electron chi connectivity index (χ3n) is 4.62. The van der Waals surface area contributed by atoms with Gasteiger partial charge in [-0.3, -0.25) is 4.79 Å². The van der Waals surface area contributed by atoms with E-state index in [1.807, 2.05) is 73.8 Å². The lowest BCUT2D eigenvalue weighted by Crippen LogP contribution is -2.29. The Balaban J connectivity index is 1.50. The summed E-state index contributed by atoms with van der Waals surface area (Å²) in [4.78, 5) is 18.2. The lowest BCUT2D eigenvalue weighted by Gasteiger charge is -2.14. The Hall–Kier alpha value is -3.49. The Bertz CT molecular complexity index is 1170. The van der Waals surface area contributed by atoms with Gasteiger partial charge in [0.25, 0.3) is 5.91 Å². The quantitative estimate of drug-likeness (QED) is 0.421. The molecule has 7 nitrogen and oxygen atoms in total. The summed E-state index contributed by atoms with van der Waals surface area (Å²) in [6, 6.07) is 20.6. The number of hydrogen-bond acceptors (Lipinski definition) is 6. The number of para-hydroxylation sites is 1. The Kier molecular flexibility index (Phi) is 6.63. The van der Waals surface area contributed by atoms with Crippen molar-refractivity contribution < 1.29 is 14.6 Å². The third-order valence-corrected chi connectivity index (χ3v) is 5.49. The number of amides is 1. The molecule has 164 valence electrons. The van der Waals surface area contributed by atoms with Crippen molar-refractivity contribution in [2.45, 2.75) is 26.1 Å². The molecule has 4 rings (SSSR count). The Morgan fingerprint density at radius 3 is 2.66 bits per heavy atom. The first kappa shape index (κ1) is 21.7. The average Bonchev–Trinajstić information content (AvgIpc) is 3.47. The molecule has 0 saturated carbocycles. The molecule has 0 saturated heterocycles. The normalized spacial score (nSPS) is 12.0. The van der Waals surface area contributed by atoms with Crippen molar-refractivity contribution in [2.75, 3.05) is 6.54 Å². The number of carbonyl (C=O) groups excluding carboxylic acids is 1. The van der Waals surface area contributed by atoms with Crippen LogP contribution in [0.25, 0.3) is 16.4 Å². The predicted octanol–water partition coefficient (Wildman–Crippen LogP) is 4.25. The summed E-state index contributed by atoms with van der Waals surface area (Å²) in [5.74, 6) is 0.856. The van der Waals surface area contributed by atoms with Crippen LogP contribution in [0.15, 0.2) is 72.1 Å². The van der Waals surface area contributed by atoms with Crippen LogP contribution in [-0.4, -0.2) is 38.4 Å². The standard InChI is InChI=1S/C24H24N4O3S/c1-16(2)31-19-11-6-8-17(14-19)20(29)15-25-24(30)22-26-23(21-12-7-13-32-21)28(27-22)18-9-4-3-5-10-18/h3-14,16,20,29H,15H2,1-2H3,(H,25,30). The van der Waals surface area contributed by atoms with Gasteiger partial charge in [0.2, 0.25) is 5.82 Å². The molecule has 8 heteroatoms. The monoisotopic (exact) mass is 448 g/mol. The van der Waals surface area contributed by atoms with Crippen molar-refractivity contribution >= 4 is 17.2 Å². The molecular formula is C24H24N4O3S. The van der Waals surface area contributed by atoms with Crippen molar-refractivity contribution in [3.63, 3.8) is 0 Å². The van der Waals surface area contributed by atoms with E-state index < -0.39 is 12.0 Å². The minimum Gasteiger partial charge on any atom is -0.491 e. The van der Waals surface area contributed by atoms with Crippen molar-refractivity contribution in [2.24, 2.45) is 0 Å². The zero-order valence-electron chi connectivity index (χ0n) is 17.8. The minimum absolute atomic E-state index is 0.0260. The molecule has 1 unspecified atom stereocenters. The molecule has 0 aliphatic heterocycles. The van der Waals surface area contributed by atoms with Crippen LogP contribution in [0.2, 0.25) is 0 Å². The van der Waals surface area contributed by atoms with Gasteiger partial charge in [0.1, 0.15) is 5.75 Å². The molecule has 2 aromatic heterocycles. The van der Waals surface area contributed by atoms with E-state index >= 15 is 0 Å². The number of aliphatic hydroxyl groups is 1. The fourth-order valence-corrected chi connectivity index (χ4v) is 3.87. The zero-order chi connectivity index (χ0) is 22.5. The number of aromatic nitrogens is 3. The molecule has 1 atom stereocenters. The number of nitrogens with zero attached hydrogens (tertiary/aromatic N) is 3. The van der Waals surface area contributed by atoms with Gasteiger partial charge in [-0.15, -0.1) is 16.4 Å². The molecule has 0 aliphatic rings. The highest BCUT2D eigenvalue weighted by Crippen LogP contribution is 2.25. The predicted molar refractivity (Wildman–Crippen MR) is 124 cm³/mol. The highest BCUT2D eigenvalue weighted by Gasteiger charge is 2.20. The van der Waals surface area contributed by atoms with Crippen molar-refractivity contribution in [3.8, 4) is 22.1 Å². The summed E-state index contributed by atoms with van der Waals surface area (Å²) in [6.45, 7) is 3.91. The summed E-state index contributed by atoms with van der Waals surface area (Å²) in [7, 11) is 0. The molecule has 4 aromatic rings. The van der Waals surface area contributed by atoms with E-state index in [1.165, 1.54) is 11.3 Å². The van der Waals surface area contributed by atoms with Gasteiger partial charge in [-0.2, -0.15) is 0 Å². The van der Waals surface area contributed by atoms with Crippen LogP contribution in [0.5, 0.6) is 5.75 Å². The second-order valence-corrected chi connectivity index (χ2v) is 8.40. The maximum Gasteiger partial charge on any atom is 0.291 e. The number of hydrogen-bond donors (Lipinski definition) is 2. The summed E-state index contributed by atoms with van der Waals surface area (Å²) in [5, 5.41) is 19.7. The second-order valence-electron chi connectivity index (χ2n) is 7.45. The fraction of sp³-hybridized carbons (Fsp3) is 0.208. The van der Waals surface area contributed by atoms with Gasteiger partial charge in [-0.25, -0.2) is 9.67 Å². The van der Waals surface area contributed by atoms with Crippen molar-refractivity contribution in [1.82, 2.24) is 20.1 Å². The molecular weight excluding hydrogens is 424 g/mol. The number of nitrogens with one attached hydrogen (secondary N) is 1. The van der Waals surface area contributed by atoms with Gasteiger partial charge in [-0.05, 0) is 55.1 Å². The number of ether oxygens (including phenoxy) is 1. The molecule has 0 radical (unpaired) electrons. The highest BCUT2D eigenvalue weighted by molar-refractivity contribution is 7.13. The van der Waals surface area contributed by atoms with E-state index in [-0.39, 0.29) is 18.5 Å². The third kappa shape index (κ3) is 5.04. The number of carbonyl (C=O) groups is 1. The molecule has 2 N–H and O–H groups in total. The molecule has 2 aromatic carbocycles. The molecule has 0 fully saturated rings. The second kappa shape index (κ2) is 9.76.